The number of hydrogen-bond acceptors (Lipinski definition) is 3. The van der Waals surface area contributed by atoms with Gasteiger partial charge in [0.05, 0.1) is 12.0 Å². The van der Waals surface area contributed by atoms with E-state index in [2.05, 4.69) is 10.7 Å². The van der Waals surface area contributed by atoms with Gasteiger partial charge in [0.2, 0.25) is 5.91 Å². The van der Waals surface area contributed by atoms with Crippen LogP contribution < -0.4 is 10.7 Å². The van der Waals surface area contributed by atoms with Crippen LogP contribution in [-0.4, -0.2) is 23.0 Å². The summed E-state index contributed by atoms with van der Waals surface area (Å²) in [7, 11) is 0. The van der Waals surface area contributed by atoms with Gasteiger partial charge >= 0.3 is 0 Å². The molecule has 0 aliphatic carbocycles. The van der Waals surface area contributed by atoms with Gasteiger partial charge in [-0.05, 0) is 24.6 Å². The number of hydrazine groups is 1. The van der Waals surface area contributed by atoms with Gasteiger partial charge in [-0.2, -0.15) is 0 Å². The highest BCUT2D eigenvalue weighted by Gasteiger charge is 2.30. The Balaban J connectivity index is 1.72. The van der Waals surface area contributed by atoms with Gasteiger partial charge in [0, 0.05) is 5.69 Å². The van der Waals surface area contributed by atoms with Crippen molar-refractivity contribution in [2.45, 2.75) is 19.5 Å². The van der Waals surface area contributed by atoms with E-state index >= 15 is 0 Å². The highest BCUT2D eigenvalue weighted by atomic mass is 16.2. The fourth-order valence-electron chi connectivity index (χ4n) is 2.49. The molecule has 1 aliphatic rings. The topological polar surface area (TPSA) is 61.4 Å². The lowest BCUT2D eigenvalue weighted by atomic mass is 10.1. The number of nitrogens with one attached hydrogen (secondary N) is 2. The number of nitrogens with zero attached hydrogens (tertiary/aromatic N) is 1. The summed E-state index contributed by atoms with van der Waals surface area (Å²) in [6.45, 7) is 1.83. The molecule has 1 heterocycles. The van der Waals surface area contributed by atoms with Gasteiger partial charge in [-0.1, -0.05) is 42.5 Å². The number of rotatable bonds is 3. The first-order chi connectivity index (χ1) is 10.6. The molecule has 3 rings (SSSR count). The molecule has 1 unspecified atom stereocenters. The third kappa shape index (κ3) is 2.79. The number of anilines is 1. The predicted molar refractivity (Wildman–Crippen MR) is 84.0 cm³/mol. The zero-order valence-electron chi connectivity index (χ0n) is 12.2. The average Bonchev–Trinajstić information content (AvgIpc) is 2.52. The van der Waals surface area contributed by atoms with Crippen molar-refractivity contribution in [2.24, 2.45) is 0 Å². The van der Waals surface area contributed by atoms with Crippen LogP contribution >= 0.6 is 0 Å². The number of amides is 2. The molecular formula is C17H17N3O2. The third-order valence-electron chi connectivity index (χ3n) is 3.58. The summed E-state index contributed by atoms with van der Waals surface area (Å²) in [6, 6.07) is 16.7. The Kier molecular flexibility index (Phi) is 3.78. The van der Waals surface area contributed by atoms with Crippen molar-refractivity contribution in [3.8, 4) is 0 Å². The minimum atomic E-state index is -0.304. The normalized spacial score (nSPS) is 16.7. The van der Waals surface area contributed by atoms with Crippen molar-refractivity contribution >= 4 is 17.5 Å². The summed E-state index contributed by atoms with van der Waals surface area (Å²) in [4.78, 5) is 24.6. The largest absolute Gasteiger partial charge is 0.363 e. The average molecular weight is 295 g/mol. The molecule has 0 bridgehead atoms. The maximum absolute atomic E-state index is 12.5. The number of carbonyl (C=O) groups is 2. The van der Waals surface area contributed by atoms with E-state index in [0.717, 1.165) is 11.3 Å². The lowest BCUT2D eigenvalue weighted by molar-refractivity contribution is -0.124. The van der Waals surface area contributed by atoms with Crippen LogP contribution in [0.5, 0.6) is 0 Å². The molecule has 1 aliphatic heterocycles. The van der Waals surface area contributed by atoms with Crippen LogP contribution in [0, 0.1) is 0 Å². The lowest BCUT2D eigenvalue weighted by Gasteiger charge is -2.35. The van der Waals surface area contributed by atoms with Crippen molar-refractivity contribution in [3.63, 3.8) is 0 Å². The van der Waals surface area contributed by atoms with Crippen molar-refractivity contribution in [2.75, 3.05) is 5.32 Å². The van der Waals surface area contributed by atoms with Crippen LogP contribution in [0.25, 0.3) is 0 Å². The number of benzene rings is 2. The van der Waals surface area contributed by atoms with E-state index in [-0.39, 0.29) is 24.4 Å². The summed E-state index contributed by atoms with van der Waals surface area (Å²) in [6.07, 6.45) is -0.0685. The summed E-state index contributed by atoms with van der Waals surface area (Å²) in [5, 5.41) is 4.54. The zero-order valence-corrected chi connectivity index (χ0v) is 12.2. The van der Waals surface area contributed by atoms with Crippen LogP contribution in [0.2, 0.25) is 0 Å². The molecule has 2 aromatic rings. The van der Waals surface area contributed by atoms with E-state index in [1.165, 1.54) is 5.01 Å². The van der Waals surface area contributed by atoms with Gasteiger partial charge in [-0.25, -0.2) is 5.01 Å². The molecule has 0 aromatic heterocycles. The molecule has 0 saturated carbocycles. The molecule has 0 saturated heterocycles. The third-order valence-corrected chi connectivity index (χ3v) is 3.58. The minimum absolute atomic E-state index is 0.205. The fraction of sp³-hybridized carbons (Fsp3) is 0.176. The second-order valence-electron chi connectivity index (χ2n) is 5.24. The lowest BCUT2D eigenvalue weighted by Crippen LogP contribution is -2.56. The van der Waals surface area contributed by atoms with Gasteiger partial charge in [0.25, 0.3) is 5.91 Å². The smallest absolute Gasteiger partial charge is 0.276 e. The quantitative estimate of drug-likeness (QED) is 0.912. The van der Waals surface area contributed by atoms with Crippen molar-refractivity contribution in [3.05, 3.63) is 65.7 Å². The summed E-state index contributed by atoms with van der Waals surface area (Å²) in [5.74, 6) is -0.421. The Bertz CT molecular complexity index is 700. The van der Waals surface area contributed by atoms with Crippen molar-refractivity contribution in [1.29, 1.82) is 0 Å². The minimum Gasteiger partial charge on any atom is -0.363 e. The first kappa shape index (κ1) is 14.1. The molecule has 5 nitrogen and oxygen atoms in total. The van der Waals surface area contributed by atoms with E-state index in [4.69, 9.17) is 0 Å². The molecule has 0 radical (unpaired) electrons. The van der Waals surface area contributed by atoms with E-state index < -0.39 is 0 Å². The summed E-state index contributed by atoms with van der Waals surface area (Å²) < 4.78 is 0. The van der Waals surface area contributed by atoms with Crippen LogP contribution in [0.4, 0.5) is 5.69 Å². The number of carbonyl (C=O) groups excluding carboxylic acids is 2. The number of para-hydroxylation sites is 1. The van der Waals surface area contributed by atoms with Gasteiger partial charge in [-0.15, -0.1) is 0 Å². The van der Waals surface area contributed by atoms with E-state index in [1.54, 1.807) is 12.1 Å². The highest BCUT2D eigenvalue weighted by Crippen LogP contribution is 2.23. The molecule has 2 aromatic carbocycles. The van der Waals surface area contributed by atoms with Crippen LogP contribution in [0.15, 0.2) is 54.6 Å². The van der Waals surface area contributed by atoms with E-state index in [0.29, 0.717) is 5.56 Å². The van der Waals surface area contributed by atoms with Crippen molar-refractivity contribution < 1.29 is 9.59 Å². The van der Waals surface area contributed by atoms with Gasteiger partial charge in [-0.3, -0.25) is 15.0 Å². The molecular weight excluding hydrogens is 278 g/mol. The second-order valence-corrected chi connectivity index (χ2v) is 5.24. The van der Waals surface area contributed by atoms with Crippen LogP contribution in [0.3, 0.4) is 0 Å². The molecule has 0 spiro atoms. The monoisotopic (exact) mass is 295 g/mol. The first-order valence-corrected chi connectivity index (χ1v) is 7.17. The van der Waals surface area contributed by atoms with Gasteiger partial charge < -0.3 is 5.32 Å². The Morgan fingerprint density at radius 3 is 2.59 bits per heavy atom. The van der Waals surface area contributed by atoms with Crippen LogP contribution in [0.1, 0.15) is 22.8 Å². The number of fused-ring (bicyclic) bond motifs is 1. The maximum atomic E-state index is 12.5. The van der Waals surface area contributed by atoms with E-state index in [9.17, 15) is 9.59 Å². The Hall–Kier alpha value is -2.82. The Labute approximate surface area is 128 Å². The summed E-state index contributed by atoms with van der Waals surface area (Å²) >= 11 is 0. The highest BCUT2D eigenvalue weighted by molar-refractivity contribution is 6.02. The molecule has 112 valence electrons. The maximum Gasteiger partial charge on any atom is 0.276 e. The molecule has 0 fully saturated rings. The second kappa shape index (κ2) is 5.89. The van der Waals surface area contributed by atoms with Gasteiger partial charge in [0.15, 0.2) is 0 Å². The van der Waals surface area contributed by atoms with Crippen LogP contribution in [-0.2, 0) is 11.2 Å². The van der Waals surface area contributed by atoms with E-state index in [1.807, 2.05) is 49.4 Å². The molecule has 2 N–H and O–H groups in total. The van der Waals surface area contributed by atoms with Crippen molar-refractivity contribution in [1.82, 2.24) is 10.4 Å². The zero-order chi connectivity index (χ0) is 15.5. The SMILES string of the molecule is CC1Nc2ccccc2C(=O)N1NC(=O)Cc1ccccc1. The molecule has 1 atom stereocenters. The molecule has 22 heavy (non-hydrogen) atoms. The molecule has 2 amide bonds. The number of hydrogen-bond donors (Lipinski definition) is 2. The standard InChI is InChI=1S/C17H17N3O2/c1-12-18-15-10-6-5-9-14(15)17(22)20(12)19-16(21)11-13-7-3-2-4-8-13/h2-10,12,18H,11H2,1H3,(H,19,21). The fourth-order valence-corrected chi connectivity index (χ4v) is 2.49. The molecule has 5 heteroatoms. The predicted octanol–water partition coefficient (Wildman–Crippen LogP) is 2.17. The summed E-state index contributed by atoms with van der Waals surface area (Å²) in [5.41, 5.74) is 4.94. The Morgan fingerprint density at radius 2 is 1.82 bits per heavy atom. The van der Waals surface area contributed by atoms with Gasteiger partial charge in [0.1, 0.15) is 6.17 Å². The Morgan fingerprint density at radius 1 is 1.14 bits per heavy atom. The first-order valence-electron chi connectivity index (χ1n) is 7.17.